The number of benzene rings is 1. The van der Waals surface area contributed by atoms with Gasteiger partial charge in [0.25, 0.3) is 0 Å². The minimum absolute atomic E-state index is 0.0219. The molecule has 2 aromatic rings. The smallest absolute Gasteiger partial charge is 0.225 e. The molecule has 3 atom stereocenters. The predicted molar refractivity (Wildman–Crippen MR) is 104 cm³/mol. The average Bonchev–Trinajstić information content (AvgIpc) is 3.20. The molecule has 0 aliphatic carbocycles. The van der Waals surface area contributed by atoms with Crippen LogP contribution in [-0.2, 0) is 11.8 Å². The van der Waals surface area contributed by atoms with Gasteiger partial charge in [-0.15, -0.1) is 0 Å². The van der Waals surface area contributed by atoms with E-state index in [4.69, 9.17) is 0 Å². The number of amides is 1. The van der Waals surface area contributed by atoms with E-state index in [2.05, 4.69) is 55.6 Å². The highest BCUT2D eigenvalue weighted by atomic mass is 16.2. The molecule has 0 spiro atoms. The van der Waals surface area contributed by atoms with Gasteiger partial charge in [0.1, 0.15) is 0 Å². The summed E-state index contributed by atoms with van der Waals surface area (Å²) < 4.78 is 1.80. The largest absolute Gasteiger partial charge is 0.348 e. The van der Waals surface area contributed by atoms with Gasteiger partial charge in [0.05, 0.1) is 18.2 Å². The van der Waals surface area contributed by atoms with Crippen LogP contribution >= 0.6 is 0 Å². The molecule has 1 unspecified atom stereocenters. The Kier molecular flexibility index (Phi) is 5.19. The highest BCUT2D eigenvalue weighted by molar-refractivity contribution is 5.81. The van der Waals surface area contributed by atoms with Crippen LogP contribution in [0.3, 0.4) is 0 Å². The van der Waals surface area contributed by atoms with Gasteiger partial charge in [-0.3, -0.25) is 9.48 Å². The number of nitrogens with one attached hydrogen (secondary N) is 2. The molecule has 1 saturated heterocycles. The van der Waals surface area contributed by atoms with E-state index < -0.39 is 0 Å². The lowest BCUT2D eigenvalue weighted by Gasteiger charge is -2.34. The summed E-state index contributed by atoms with van der Waals surface area (Å²) >= 11 is 0. The van der Waals surface area contributed by atoms with Gasteiger partial charge in [-0.1, -0.05) is 45.0 Å². The summed E-state index contributed by atoms with van der Waals surface area (Å²) in [4.78, 5) is 13.2. The van der Waals surface area contributed by atoms with Crippen molar-refractivity contribution in [2.75, 3.05) is 13.1 Å². The van der Waals surface area contributed by atoms with Crippen molar-refractivity contribution in [2.45, 2.75) is 39.7 Å². The quantitative estimate of drug-likeness (QED) is 0.887. The number of aryl methyl sites for hydroxylation is 2. The molecule has 1 aromatic carbocycles. The molecule has 0 bridgehead atoms. The van der Waals surface area contributed by atoms with Crippen molar-refractivity contribution in [3.63, 3.8) is 0 Å². The summed E-state index contributed by atoms with van der Waals surface area (Å²) in [6.07, 6.45) is 3.89. The molecule has 3 rings (SSSR count). The molecule has 1 aromatic heterocycles. The van der Waals surface area contributed by atoms with E-state index in [0.717, 1.165) is 12.1 Å². The Balaban J connectivity index is 1.83. The monoisotopic (exact) mass is 354 g/mol. The van der Waals surface area contributed by atoms with Crippen LogP contribution in [0.2, 0.25) is 0 Å². The molecule has 26 heavy (non-hydrogen) atoms. The first-order valence-corrected chi connectivity index (χ1v) is 9.32. The lowest BCUT2D eigenvalue weighted by molar-refractivity contribution is -0.126. The van der Waals surface area contributed by atoms with Crippen LogP contribution in [0.4, 0.5) is 0 Å². The minimum Gasteiger partial charge on any atom is -0.348 e. The first-order valence-electron chi connectivity index (χ1n) is 9.32. The fourth-order valence-electron chi connectivity index (χ4n) is 3.86. The van der Waals surface area contributed by atoms with E-state index in [1.54, 1.807) is 4.68 Å². The Labute approximate surface area is 156 Å². The van der Waals surface area contributed by atoms with E-state index in [9.17, 15) is 4.79 Å². The third-order valence-electron chi connectivity index (χ3n) is 5.36. The number of carbonyl (C=O) groups is 1. The van der Waals surface area contributed by atoms with Crippen LogP contribution in [0, 0.1) is 18.3 Å². The molecule has 0 radical (unpaired) electrons. The molecular weight excluding hydrogens is 324 g/mol. The number of hydrogen-bond donors (Lipinski definition) is 2. The second-order valence-corrected chi connectivity index (χ2v) is 8.48. The standard InChI is InChI=1S/C21H30N4O/c1-14-8-6-7-9-16(14)19(21(2,3)4)24-20(26)18-12-22-11-17(18)15-10-23-25(5)13-15/h6-10,13,17-19,22H,11-12H2,1-5H3,(H,24,26)/t17-,18+,19?/m1/s1. The minimum atomic E-state index is -0.0759. The van der Waals surface area contributed by atoms with Crippen molar-refractivity contribution in [2.24, 2.45) is 18.4 Å². The van der Waals surface area contributed by atoms with E-state index in [-0.39, 0.29) is 29.2 Å². The summed E-state index contributed by atoms with van der Waals surface area (Å²) in [5.74, 6) is 0.210. The van der Waals surface area contributed by atoms with Crippen LogP contribution in [0.15, 0.2) is 36.7 Å². The van der Waals surface area contributed by atoms with Crippen molar-refractivity contribution in [3.8, 4) is 0 Å². The first-order chi connectivity index (χ1) is 12.3. The van der Waals surface area contributed by atoms with Crippen molar-refractivity contribution >= 4 is 5.91 Å². The highest BCUT2D eigenvalue weighted by Crippen LogP contribution is 2.36. The Morgan fingerprint density at radius 1 is 1.31 bits per heavy atom. The molecule has 2 heterocycles. The summed E-state index contributed by atoms with van der Waals surface area (Å²) in [6.45, 7) is 10.2. The molecule has 2 N–H and O–H groups in total. The zero-order chi connectivity index (χ0) is 18.9. The lowest BCUT2D eigenvalue weighted by Crippen LogP contribution is -2.42. The van der Waals surface area contributed by atoms with E-state index in [1.165, 1.54) is 11.1 Å². The molecule has 1 amide bonds. The molecule has 1 aliphatic rings. The van der Waals surface area contributed by atoms with Crippen molar-refractivity contribution in [1.82, 2.24) is 20.4 Å². The van der Waals surface area contributed by atoms with Crippen LogP contribution in [0.1, 0.15) is 49.4 Å². The second kappa shape index (κ2) is 7.23. The fraction of sp³-hybridized carbons (Fsp3) is 0.524. The van der Waals surface area contributed by atoms with Gasteiger partial charge in [0.2, 0.25) is 5.91 Å². The highest BCUT2D eigenvalue weighted by Gasteiger charge is 2.37. The van der Waals surface area contributed by atoms with Gasteiger partial charge in [0.15, 0.2) is 0 Å². The van der Waals surface area contributed by atoms with Gasteiger partial charge in [-0.05, 0) is 29.0 Å². The Bertz CT molecular complexity index is 774. The molecule has 1 aliphatic heterocycles. The molecular formula is C21H30N4O. The maximum absolute atomic E-state index is 13.2. The summed E-state index contributed by atoms with van der Waals surface area (Å²) in [6, 6.07) is 8.29. The zero-order valence-corrected chi connectivity index (χ0v) is 16.4. The van der Waals surface area contributed by atoms with Crippen molar-refractivity contribution < 1.29 is 4.79 Å². The van der Waals surface area contributed by atoms with Gasteiger partial charge >= 0.3 is 0 Å². The topological polar surface area (TPSA) is 59.0 Å². The van der Waals surface area contributed by atoms with E-state index in [0.29, 0.717) is 6.54 Å². The molecule has 1 fully saturated rings. The summed E-state index contributed by atoms with van der Waals surface area (Å²) in [5, 5.41) is 11.0. The van der Waals surface area contributed by atoms with E-state index >= 15 is 0 Å². The maximum Gasteiger partial charge on any atom is 0.225 e. The number of hydrogen-bond acceptors (Lipinski definition) is 3. The van der Waals surface area contributed by atoms with Gasteiger partial charge < -0.3 is 10.6 Å². The maximum atomic E-state index is 13.2. The number of nitrogens with zero attached hydrogens (tertiary/aromatic N) is 2. The number of carbonyl (C=O) groups excluding carboxylic acids is 1. The fourth-order valence-corrected chi connectivity index (χ4v) is 3.86. The van der Waals surface area contributed by atoms with Gasteiger partial charge in [-0.25, -0.2) is 0 Å². The van der Waals surface area contributed by atoms with Crippen LogP contribution < -0.4 is 10.6 Å². The van der Waals surface area contributed by atoms with Crippen molar-refractivity contribution in [1.29, 1.82) is 0 Å². The number of rotatable bonds is 4. The Hall–Kier alpha value is -2.14. The van der Waals surface area contributed by atoms with Crippen LogP contribution in [-0.4, -0.2) is 28.8 Å². The van der Waals surface area contributed by atoms with Crippen LogP contribution in [0.25, 0.3) is 0 Å². The number of aromatic nitrogens is 2. The zero-order valence-electron chi connectivity index (χ0n) is 16.4. The second-order valence-electron chi connectivity index (χ2n) is 8.48. The third-order valence-corrected chi connectivity index (χ3v) is 5.36. The van der Waals surface area contributed by atoms with Crippen molar-refractivity contribution in [3.05, 3.63) is 53.3 Å². The first kappa shape index (κ1) is 18.6. The SMILES string of the molecule is Cc1ccccc1C(NC(=O)[C@H]1CNC[C@@H]1c1cnn(C)c1)C(C)(C)C. The molecule has 0 saturated carbocycles. The van der Waals surface area contributed by atoms with Gasteiger partial charge in [0, 0.05) is 32.3 Å². The molecule has 5 nitrogen and oxygen atoms in total. The van der Waals surface area contributed by atoms with Crippen LogP contribution in [0.5, 0.6) is 0 Å². The molecule has 140 valence electrons. The third kappa shape index (κ3) is 3.83. The lowest BCUT2D eigenvalue weighted by atomic mass is 9.80. The average molecular weight is 354 g/mol. The molecule has 5 heteroatoms. The van der Waals surface area contributed by atoms with Gasteiger partial charge in [-0.2, -0.15) is 5.10 Å². The normalized spacial score (nSPS) is 21.6. The summed E-state index contributed by atoms with van der Waals surface area (Å²) in [5.41, 5.74) is 3.46. The van der Waals surface area contributed by atoms with E-state index in [1.807, 2.05) is 31.6 Å². The Morgan fingerprint density at radius 2 is 2.04 bits per heavy atom. The Morgan fingerprint density at radius 3 is 2.65 bits per heavy atom. The summed E-state index contributed by atoms with van der Waals surface area (Å²) in [7, 11) is 1.91. The predicted octanol–water partition coefficient (Wildman–Crippen LogP) is 2.94.